The Morgan fingerprint density at radius 1 is 1.10 bits per heavy atom. The molecule has 0 bridgehead atoms. The van der Waals surface area contributed by atoms with Crippen molar-refractivity contribution in [1.82, 2.24) is 8.83 Å². The monoisotopic (exact) mass is 204 g/mol. The number of hydrogen-bond donors (Lipinski definition) is 0. The van der Waals surface area contributed by atoms with Gasteiger partial charge in [0, 0.05) is 35.3 Å². The van der Waals surface area contributed by atoms with E-state index in [0.29, 0.717) is 0 Å². The maximum Gasteiger partial charge on any atom is 0.0368 e. The van der Waals surface area contributed by atoms with Gasteiger partial charge in [0.15, 0.2) is 0 Å². The summed E-state index contributed by atoms with van der Waals surface area (Å²) in [5, 5.41) is 0. The Morgan fingerprint density at radius 2 is 1.70 bits per heavy atom. The van der Waals surface area contributed by atoms with Gasteiger partial charge in [0.25, 0.3) is 0 Å². The number of halogens is 1. The molecule has 0 N–H and O–H groups in total. The zero-order valence-electron chi connectivity index (χ0n) is 6.09. The molecule has 0 unspecified atom stereocenters. The molecule has 2 fully saturated rings. The smallest absolute Gasteiger partial charge is 0.0368 e. The van der Waals surface area contributed by atoms with Gasteiger partial charge >= 0.3 is 0 Å². The largest absolute Gasteiger partial charge is 0.298 e. The van der Waals surface area contributed by atoms with Crippen molar-refractivity contribution < 1.29 is 0 Å². The van der Waals surface area contributed by atoms with Gasteiger partial charge in [-0.15, -0.1) is 0 Å². The first-order valence-electron chi connectivity index (χ1n) is 4.01. The van der Waals surface area contributed by atoms with E-state index in [0.717, 1.165) is 6.04 Å². The van der Waals surface area contributed by atoms with E-state index in [1.54, 1.807) is 0 Å². The number of likely N-dealkylation sites (tertiary alicyclic amines) is 1. The van der Waals surface area contributed by atoms with Crippen LogP contribution in [0.1, 0.15) is 12.8 Å². The normalized spacial score (nSPS) is 30.9. The highest BCUT2D eigenvalue weighted by atomic mass is 79.9. The fourth-order valence-electron chi connectivity index (χ4n) is 1.74. The average molecular weight is 205 g/mol. The number of rotatable bonds is 1. The molecular weight excluding hydrogens is 192 g/mol. The van der Waals surface area contributed by atoms with E-state index in [1.165, 1.54) is 39.0 Å². The van der Waals surface area contributed by atoms with Crippen molar-refractivity contribution in [1.29, 1.82) is 0 Å². The van der Waals surface area contributed by atoms with Gasteiger partial charge in [0.2, 0.25) is 0 Å². The summed E-state index contributed by atoms with van der Waals surface area (Å²) in [5.74, 6) is 0. The van der Waals surface area contributed by atoms with Gasteiger partial charge in [-0.05, 0) is 25.9 Å². The Labute approximate surface area is 70.5 Å². The van der Waals surface area contributed by atoms with E-state index in [9.17, 15) is 0 Å². The fraction of sp³-hybridized carbons (Fsp3) is 1.00. The van der Waals surface area contributed by atoms with E-state index in [2.05, 4.69) is 25.0 Å². The first-order chi connectivity index (χ1) is 4.86. The maximum atomic E-state index is 3.45. The molecule has 10 heavy (non-hydrogen) atoms. The van der Waals surface area contributed by atoms with Crippen LogP contribution in [0, 0.1) is 0 Å². The number of nitrogens with zero attached hydrogens (tertiary/aromatic N) is 2. The van der Waals surface area contributed by atoms with Crippen LogP contribution in [0.25, 0.3) is 0 Å². The van der Waals surface area contributed by atoms with Crippen LogP contribution >= 0.6 is 16.1 Å². The number of hydrogen-bond acceptors (Lipinski definition) is 2. The van der Waals surface area contributed by atoms with Crippen LogP contribution in [0.5, 0.6) is 0 Å². The van der Waals surface area contributed by atoms with Gasteiger partial charge in [-0.2, -0.15) is 0 Å². The summed E-state index contributed by atoms with van der Waals surface area (Å²) in [6.07, 6.45) is 2.83. The minimum Gasteiger partial charge on any atom is -0.298 e. The summed E-state index contributed by atoms with van der Waals surface area (Å²) < 4.78 is 2.20. The van der Waals surface area contributed by atoms with Crippen LogP contribution in [0.3, 0.4) is 0 Å². The topological polar surface area (TPSA) is 6.48 Å². The Balaban J connectivity index is 1.78. The molecule has 2 saturated heterocycles. The molecule has 0 radical (unpaired) electrons. The molecule has 2 aliphatic heterocycles. The van der Waals surface area contributed by atoms with Crippen molar-refractivity contribution >= 4 is 16.1 Å². The quantitative estimate of drug-likeness (QED) is 0.591. The molecule has 0 spiro atoms. The molecule has 0 aromatic heterocycles. The third kappa shape index (κ3) is 1.22. The van der Waals surface area contributed by atoms with Crippen LogP contribution in [0.2, 0.25) is 0 Å². The molecule has 2 rings (SSSR count). The zero-order valence-corrected chi connectivity index (χ0v) is 7.68. The molecule has 0 aromatic carbocycles. The van der Waals surface area contributed by atoms with Gasteiger partial charge in [-0.3, -0.25) is 4.90 Å². The highest BCUT2D eigenvalue weighted by Crippen LogP contribution is 2.21. The maximum absolute atomic E-state index is 3.45. The SMILES string of the molecule is BrN1CC(N2CCCC2)C1. The lowest BCUT2D eigenvalue weighted by atomic mass is 10.1. The van der Waals surface area contributed by atoms with E-state index in [4.69, 9.17) is 0 Å². The third-order valence-corrected chi connectivity index (χ3v) is 3.05. The second kappa shape index (κ2) is 2.80. The second-order valence-electron chi connectivity index (χ2n) is 3.22. The molecule has 2 nitrogen and oxygen atoms in total. The van der Waals surface area contributed by atoms with Crippen LogP contribution in [-0.2, 0) is 0 Å². The molecule has 0 aliphatic carbocycles. The summed E-state index contributed by atoms with van der Waals surface area (Å²) in [4.78, 5) is 2.61. The highest BCUT2D eigenvalue weighted by Gasteiger charge is 2.31. The van der Waals surface area contributed by atoms with Gasteiger partial charge in [-0.1, -0.05) is 0 Å². The van der Waals surface area contributed by atoms with Crippen molar-refractivity contribution in [3.05, 3.63) is 0 Å². The third-order valence-electron chi connectivity index (χ3n) is 2.47. The van der Waals surface area contributed by atoms with Gasteiger partial charge in [0.1, 0.15) is 0 Å². The highest BCUT2D eigenvalue weighted by molar-refractivity contribution is 9.07. The summed E-state index contributed by atoms with van der Waals surface area (Å²) >= 11 is 3.45. The van der Waals surface area contributed by atoms with E-state index >= 15 is 0 Å². The molecule has 58 valence electrons. The molecule has 0 aromatic rings. The van der Waals surface area contributed by atoms with Crippen molar-refractivity contribution in [2.45, 2.75) is 18.9 Å². The molecule has 2 heterocycles. The van der Waals surface area contributed by atoms with Gasteiger partial charge < -0.3 is 0 Å². The standard InChI is InChI=1S/C7H13BrN2/c8-10-5-7(6-10)9-3-1-2-4-9/h7H,1-6H2. The Morgan fingerprint density at radius 3 is 2.20 bits per heavy atom. The Hall–Kier alpha value is 0.400. The molecule has 0 amide bonds. The van der Waals surface area contributed by atoms with Crippen molar-refractivity contribution in [2.75, 3.05) is 26.2 Å². The molecule has 0 saturated carbocycles. The van der Waals surface area contributed by atoms with Crippen molar-refractivity contribution in [3.8, 4) is 0 Å². The second-order valence-corrected chi connectivity index (χ2v) is 4.23. The predicted molar refractivity (Wildman–Crippen MR) is 45.1 cm³/mol. The minimum absolute atomic E-state index is 0.863. The molecule has 2 aliphatic rings. The Bertz CT molecular complexity index is 117. The first-order valence-corrected chi connectivity index (χ1v) is 4.72. The minimum atomic E-state index is 0.863. The lowest BCUT2D eigenvalue weighted by Crippen LogP contribution is -2.54. The van der Waals surface area contributed by atoms with E-state index in [-0.39, 0.29) is 0 Å². The molecular formula is C7H13BrN2. The van der Waals surface area contributed by atoms with E-state index < -0.39 is 0 Å². The summed E-state index contributed by atoms with van der Waals surface area (Å²) in [6, 6.07) is 0.863. The lowest BCUT2D eigenvalue weighted by molar-refractivity contribution is 0.124. The van der Waals surface area contributed by atoms with Crippen LogP contribution in [-0.4, -0.2) is 41.0 Å². The molecule has 3 heteroatoms. The van der Waals surface area contributed by atoms with Gasteiger partial charge in [0.05, 0.1) is 0 Å². The summed E-state index contributed by atoms with van der Waals surface area (Å²) in [7, 11) is 0. The summed E-state index contributed by atoms with van der Waals surface area (Å²) in [5.41, 5.74) is 0. The first kappa shape index (κ1) is 7.07. The summed E-state index contributed by atoms with van der Waals surface area (Å²) in [6.45, 7) is 5.12. The lowest BCUT2D eigenvalue weighted by Gasteiger charge is -2.40. The van der Waals surface area contributed by atoms with Crippen molar-refractivity contribution in [2.24, 2.45) is 0 Å². The Kier molecular flexibility index (Phi) is 1.98. The van der Waals surface area contributed by atoms with Crippen LogP contribution in [0.15, 0.2) is 0 Å². The average Bonchev–Trinajstić information content (AvgIpc) is 2.31. The predicted octanol–water partition coefficient (Wildman–Crippen LogP) is 1.08. The van der Waals surface area contributed by atoms with E-state index in [1.807, 2.05) is 0 Å². The van der Waals surface area contributed by atoms with Crippen LogP contribution in [0.4, 0.5) is 0 Å². The van der Waals surface area contributed by atoms with Crippen LogP contribution < -0.4 is 0 Å². The molecule has 0 atom stereocenters. The van der Waals surface area contributed by atoms with Crippen molar-refractivity contribution in [3.63, 3.8) is 0 Å². The fourth-order valence-corrected chi connectivity index (χ4v) is 2.41. The van der Waals surface area contributed by atoms with Gasteiger partial charge in [-0.25, -0.2) is 3.93 Å². The zero-order chi connectivity index (χ0) is 6.97.